The molecule has 0 saturated heterocycles. The molecule has 0 fully saturated rings. The van der Waals surface area contributed by atoms with Gasteiger partial charge in [-0.3, -0.25) is 4.79 Å². The first-order chi connectivity index (χ1) is 11.6. The number of nitrogens with one attached hydrogen (secondary N) is 1. The maximum atomic E-state index is 12.1. The molecule has 0 unspecified atom stereocenters. The average molecular weight is 321 g/mol. The molecule has 2 N–H and O–H groups in total. The molecule has 3 aromatic rings. The standard InChI is InChI=1S/C20H19NO3/c1-14-5-2-6-15(13-14)24-12-11-20(23)21-18-9-3-8-17-16(18)7-4-10-19(17)22/h2-10,13,22H,11-12H2,1H3,(H,21,23). The molecule has 3 aromatic carbocycles. The van der Waals surface area contributed by atoms with Gasteiger partial charge in [-0.15, -0.1) is 0 Å². The summed E-state index contributed by atoms with van der Waals surface area (Å²) in [5, 5.41) is 14.3. The number of ether oxygens (including phenoxy) is 1. The Labute approximate surface area is 140 Å². The smallest absolute Gasteiger partial charge is 0.227 e. The Bertz CT molecular complexity index is 874. The van der Waals surface area contributed by atoms with Crippen LogP contribution in [-0.2, 0) is 4.79 Å². The first-order valence-corrected chi connectivity index (χ1v) is 7.83. The number of phenolic OH excluding ortho intramolecular Hbond substituents is 1. The minimum Gasteiger partial charge on any atom is -0.507 e. The van der Waals surface area contributed by atoms with Crippen molar-refractivity contribution in [1.82, 2.24) is 0 Å². The molecule has 0 spiro atoms. The van der Waals surface area contributed by atoms with Gasteiger partial charge in [0.15, 0.2) is 0 Å². The Balaban J connectivity index is 1.62. The van der Waals surface area contributed by atoms with E-state index in [0.29, 0.717) is 17.7 Å². The van der Waals surface area contributed by atoms with Gasteiger partial charge in [0.05, 0.1) is 13.0 Å². The lowest BCUT2D eigenvalue weighted by atomic mass is 10.1. The SMILES string of the molecule is Cc1cccc(OCCC(=O)Nc2cccc3c(O)cccc23)c1. The largest absolute Gasteiger partial charge is 0.507 e. The summed E-state index contributed by atoms with van der Waals surface area (Å²) in [4.78, 5) is 12.1. The molecule has 0 saturated carbocycles. The Hall–Kier alpha value is -3.01. The summed E-state index contributed by atoms with van der Waals surface area (Å²) in [6, 6.07) is 18.4. The third-order valence-electron chi connectivity index (χ3n) is 3.76. The quantitative estimate of drug-likeness (QED) is 0.738. The Morgan fingerprint density at radius 2 is 1.79 bits per heavy atom. The van der Waals surface area contributed by atoms with Crippen LogP contribution in [0.2, 0.25) is 0 Å². The van der Waals surface area contributed by atoms with Crippen molar-refractivity contribution in [1.29, 1.82) is 0 Å². The van der Waals surface area contributed by atoms with Crippen molar-refractivity contribution < 1.29 is 14.6 Å². The van der Waals surface area contributed by atoms with E-state index in [1.807, 2.05) is 49.4 Å². The van der Waals surface area contributed by atoms with Gasteiger partial charge in [0.25, 0.3) is 0 Å². The molecule has 0 radical (unpaired) electrons. The fourth-order valence-corrected chi connectivity index (χ4v) is 2.58. The highest BCUT2D eigenvalue weighted by Gasteiger charge is 2.08. The summed E-state index contributed by atoms with van der Waals surface area (Å²) in [5.41, 5.74) is 1.80. The zero-order valence-electron chi connectivity index (χ0n) is 13.5. The number of hydrogen-bond acceptors (Lipinski definition) is 3. The number of benzene rings is 3. The first kappa shape index (κ1) is 15.9. The minimum absolute atomic E-state index is 0.126. The molecule has 0 aliphatic carbocycles. The van der Waals surface area contributed by atoms with E-state index < -0.39 is 0 Å². The van der Waals surface area contributed by atoms with Gasteiger partial charge >= 0.3 is 0 Å². The zero-order valence-corrected chi connectivity index (χ0v) is 13.5. The van der Waals surface area contributed by atoms with Crippen molar-refractivity contribution in [2.45, 2.75) is 13.3 Å². The molecule has 0 aliphatic rings. The molecule has 0 aromatic heterocycles. The van der Waals surface area contributed by atoms with Crippen LogP contribution in [0.4, 0.5) is 5.69 Å². The van der Waals surface area contributed by atoms with E-state index >= 15 is 0 Å². The number of anilines is 1. The molecular weight excluding hydrogens is 302 g/mol. The van der Waals surface area contributed by atoms with Crippen LogP contribution < -0.4 is 10.1 Å². The molecule has 4 heteroatoms. The van der Waals surface area contributed by atoms with E-state index in [0.717, 1.165) is 16.7 Å². The lowest BCUT2D eigenvalue weighted by molar-refractivity contribution is -0.116. The summed E-state index contributed by atoms with van der Waals surface area (Å²) < 4.78 is 5.60. The van der Waals surface area contributed by atoms with Crippen LogP contribution in [0, 0.1) is 6.92 Å². The number of fused-ring (bicyclic) bond motifs is 1. The van der Waals surface area contributed by atoms with Gasteiger partial charge in [0.1, 0.15) is 11.5 Å². The molecular formula is C20H19NO3. The van der Waals surface area contributed by atoms with Crippen molar-refractivity contribution >= 4 is 22.4 Å². The molecule has 0 aliphatic heterocycles. The van der Waals surface area contributed by atoms with Gasteiger partial charge in [-0.05, 0) is 36.8 Å². The Morgan fingerprint density at radius 1 is 1.04 bits per heavy atom. The molecule has 0 atom stereocenters. The van der Waals surface area contributed by atoms with E-state index in [-0.39, 0.29) is 18.1 Å². The summed E-state index contributed by atoms with van der Waals surface area (Å²) >= 11 is 0. The minimum atomic E-state index is -0.126. The highest BCUT2D eigenvalue weighted by atomic mass is 16.5. The van der Waals surface area contributed by atoms with E-state index in [1.54, 1.807) is 18.2 Å². The van der Waals surface area contributed by atoms with Crippen LogP contribution in [0.3, 0.4) is 0 Å². The second-order valence-corrected chi connectivity index (χ2v) is 5.64. The van der Waals surface area contributed by atoms with Gasteiger partial charge in [0.2, 0.25) is 5.91 Å². The summed E-state index contributed by atoms with van der Waals surface area (Å²) in [6.45, 7) is 2.31. The molecule has 0 heterocycles. The third kappa shape index (κ3) is 3.66. The molecule has 3 rings (SSSR count). The number of carbonyl (C=O) groups is 1. The Morgan fingerprint density at radius 3 is 2.62 bits per heavy atom. The van der Waals surface area contributed by atoms with Crippen molar-refractivity contribution in [2.24, 2.45) is 0 Å². The number of hydrogen-bond donors (Lipinski definition) is 2. The third-order valence-corrected chi connectivity index (χ3v) is 3.76. The highest BCUT2D eigenvalue weighted by molar-refractivity contribution is 6.03. The summed E-state index contributed by atoms with van der Waals surface area (Å²) in [5.74, 6) is 0.836. The van der Waals surface area contributed by atoms with Crippen LogP contribution >= 0.6 is 0 Å². The maximum Gasteiger partial charge on any atom is 0.227 e. The number of phenols is 1. The summed E-state index contributed by atoms with van der Waals surface area (Å²) in [7, 11) is 0. The van der Waals surface area contributed by atoms with Gasteiger partial charge in [-0.1, -0.05) is 36.4 Å². The number of aryl methyl sites for hydroxylation is 1. The normalized spacial score (nSPS) is 10.5. The van der Waals surface area contributed by atoms with E-state index in [9.17, 15) is 9.90 Å². The topological polar surface area (TPSA) is 58.6 Å². The second kappa shape index (κ2) is 7.04. The highest BCUT2D eigenvalue weighted by Crippen LogP contribution is 2.29. The number of rotatable bonds is 5. The molecule has 4 nitrogen and oxygen atoms in total. The van der Waals surface area contributed by atoms with Gasteiger partial charge in [-0.2, -0.15) is 0 Å². The van der Waals surface area contributed by atoms with Gasteiger partial charge < -0.3 is 15.2 Å². The molecule has 0 bridgehead atoms. The zero-order chi connectivity index (χ0) is 16.9. The Kier molecular flexibility index (Phi) is 4.66. The van der Waals surface area contributed by atoms with E-state index in [2.05, 4.69) is 5.32 Å². The van der Waals surface area contributed by atoms with Crippen LogP contribution in [-0.4, -0.2) is 17.6 Å². The predicted octanol–water partition coefficient (Wildman–Crippen LogP) is 4.26. The fourth-order valence-electron chi connectivity index (χ4n) is 2.58. The molecule has 1 amide bonds. The number of aromatic hydroxyl groups is 1. The van der Waals surface area contributed by atoms with Crippen molar-refractivity contribution in [3.8, 4) is 11.5 Å². The van der Waals surface area contributed by atoms with Crippen LogP contribution in [0.15, 0.2) is 60.7 Å². The summed E-state index contributed by atoms with van der Waals surface area (Å²) in [6.07, 6.45) is 0.253. The van der Waals surface area contributed by atoms with Crippen LogP contribution in [0.25, 0.3) is 10.8 Å². The predicted molar refractivity (Wildman–Crippen MR) is 95.5 cm³/mol. The van der Waals surface area contributed by atoms with Crippen molar-refractivity contribution in [2.75, 3.05) is 11.9 Å². The first-order valence-electron chi connectivity index (χ1n) is 7.83. The lowest BCUT2D eigenvalue weighted by Crippen LogP contribution is -2.15. The van der Waals surface area contributed by atoms with Gasteiger partial charge in [-0.25, -0.2) is 0 Å². The molecule has 24 heavy (non-hydrogen) atoms. The van der Waals surface area contributed by atoms with Crippen LogP contribution in [0.1, 0.15) is 12.0 Å². The fraction of sp³-hybridized carbons (Fsp3) is 0.150. The second-order valence-electron chi connectivity index (χ2n) is 5.64. The number of carbonyl (C=O) groups excluding carboxylic acids is 1. The lowest BCUT2D eigenvalue weighted by Gasteiger charge is -2.10. The van der Waals surface area contributed by atoms with Crippen molar-refractivity contribution in [3.05, 3.63) is 66.2 Å². The monoisotopic (exact) mass is 321 g/mol. The molecule has 122 valence electrons. The van der Waals surface area contributed by atoms with Gasteiger partial charge in [0, 0.05) is 16.5 Å². The van der Waals surface area contributed by atoms with Crippen molar-refractivity contribution in [3.63, 3.8) is 0 Å². The number of amides is 1. The van der Waals surface area contributed by atoms with Crippen LogP contribution in [0.5, 0.6) is 11.5 Å². The maximum absolute atomic E-state index is 12.1. The average Bonchev–Trinajstić information content (AvgIpc) is 2.56. The van der Waals surface area contributed by atoms with E-state index in [4.69, 9.17) is 4.74 Å². The van der Waals surface area contributed by atoms with E-state index in [1.165, 1.54) is 0 Å².